The van der Waals surface area contributed by atoms with Gasteiger partial charge >= 0.3 is 6.18 Å². The van der Waals surface area contributed by atoms with Crippen molar-refractivity contribution in [2.45, 2.75) is 18.4 Å². The smallest absolute Gasteiger partial charge is 0.354 e. The van der Waals surface area contributed by atoms with Gasteiger partial charge in [-0.2, -0.15) is 13.2 Å². The van der Waals surface area contributed by atoms with E-state index in [2.05, 4.69) is 4.74 Å². The Hall–Kier alpha value is -1.63. The molecule has 0 radical (unpaired) electrons. The van der Waals surface area contributed by atoms with Crippen LogP contribution in [0.3, 0.4) is 0 Å². The molecule has 1 heterocycles. The Bertz CT molecular complexity index is 432. The highest BCUT2D eigenvalue weighted by molar-refractivity contribution is 5.43. The predicted octanol–water partition coefficient (Wildman–Crippen LogP) is 2.60. The highest BCUT2D eigenvalue weighted by Crippen LogP contribution is 2.50. The fraction of sp³-hybridized carbons (Fsp3) is 0.333. The van der Waals surface area contributed by atoms with Crippen LogP contribution in [0.25, 0.3) is 0 Å². The zero-order valence-electron chi connectivity index (χ0n) is 7.77. The van der Waals surface area contributed by atoms with Crippen molar-refractivity contribution in [1.82, 2.24) is 0 Å². The van der Waals surface area contributed by atoms with E-state index in [9.17, 15) is 23.3 Å². The monoisotopic (exact) mass is 233 g/mol. The summed E-state index contributed by atoms with van der Waals surface area (Å²) in [6, 6.07) is 5.27. The van der Waals surface area contributed by atoms with Crippen LogP contribution < -0.4 is 0 Å². The third kappa shape index (κ3) is 1.85. The first-order chi connectivity index (χ1) is 7.41. The molecule has 1 aliphatic rings. The number of hydrogen-bond donors (Lipinski definition) is 0. The molecule has 16 heavy (non-hydrogen) atoms. The summed E-state index contributed by atoms with van der Waals surface area (Å²) < 4.78 is 41.1. The molecule has 2 unspecified atom stereocenters. The third-order valence-electron chi connectivity index (χ3n) is 2.25. The maximum Gasteiger partial charge on any atom is 0.417 e. The summed E-state index contributed by atoms with van der Waals surface area (Å²) in [7, 11) is 0. The number of nitro groups is 1. The summed E-state index contributed by atoms with van der Waals surface area (Å²) in [4.78, 5) is 9.86. The average Bonchev–Trinajstić information content (AvgIpc) is 2.96. The van der Waals surface area contributed by atoms with Crippen LogP contribution in [0.4, 0.5) is 18.9 Å². The van der Waals surface area contributed by atoms with Gasteiger partial charge in [-0.3, -0.25) is 10.1 Å². The maximum atomic E-state index is 12.2. The van der Waals surface area contributed by atoms with Gasteiger partial charge in [0.1, 0.15) is 6.10 Å². The normalized spacial score (nSPS) is 24.2. The number of nitro benzene ring substituents is 1. The van der Waals surface area contributed by atoms with Gasteiger partial charge in [-0.05, 0) is 6.07 Å². The van der Waals surface area contributed by atoms with Gasteiger partial charge in [0, 0.05) is 6.07 Å². The second-order valence-electron chi connectivity index (χ2n) is 3.33. The Morgan fingerprint density at radius 3 is 2.44 bits per heavy atom. The largest absolute Gasteiger partial charge is 0.417 e. The summed E-state index contributed by atoms with van der Waals surface area (Å²) >= 11 is 0. The third-order valence-corrected chi connectivity index (χ3v) is 2.25. The molecule has 0 bridgehead atoms. The number of benzene rings is 1. The lowest BCUT2D eigenvalue weighted by molar-refractivity contribution is -0.385. The summed E-state index contributed by atoms with van der Waals surface area (Å²) in [6.07, 6.45) is -7.65. The van der Waals surface area contributed by atoms with Crippen molar-refractivity contribution in [3.8, 4) is 0 Å². The standard InChI is InChI=1S/C9H6F3NO3/c10-9(11,12)8-7(16-8)5-3-1-2-4-6(5)13(14)15/h1-4,7-8H. The second-order valence-corrected chi connectivity index (χ2v) is 3.33. The summed E-state index contributed by atoms with van der Waals surface area (Å²) in [5.74, 6) is 0. The minimum Gasteiger partial charge on any atom is -0.354 e. The van der Waals surface area contributed by atoms with Gasteiger partial charge in [-0.1, -0.05) is 12.1 Å². The highest BCUT2D eigenvalue weighted by atomic mass is 19.4. The van der Waals surface area contributed by atoms with E-state index in [-0.39, 0.29) is 11.3 Å². The van der Waals surface area contributed by atoms with E-state index in [4.69, 9.17) is 0 Å². The molecule has 0 spiro atoms. The molecule has 2 atom stereocenters. The quantitative estimate of drug-likeness (QED) is 0.448. The lowest BCUT2D eigenvalue weighted by atomic mass is 10.1. The zero-order valence-corrected chi connectivity index (χ0v) is 7.77. The van der Waals surface area contributed by atoms with Crippen molar-refractivity contribution in [2.24, 2.45) is 0 Å². The summed E-state index contributed by atoms with van der Waals surface area (Å²) in [5, 5.41) is 10.6. The fourth-order valence-electron chi connectivity index (χ4n) is 1.49. The molecular weight excluding hydrogens is 227 g/mol. The van der Waals surface area contributed by atoms with E-state index in [1.54, 1.807) is 0 Å². The minimum atomic E-state index is -4.48. The lowest BCUT2D eigenvalue weighted by Gasteiger charge is -2.01. The first-order valence-electron chi connectivity index (χ1n) is 4.37. The van der Waals surface area contributed by atoms with Crippen LogP contribution in [0.2, 0.25) is 0 Å². The summed E-state index contributed by atoms with van der Waals surface area (Å²) in [6.45, 7) is 0. The van der Waals surface area contributed by atoms with E-state index in [1.807, 2.05) is 0 Å². The van der Waals surface area contributed by atoms with Gasteiger partial charge in [0.15, 0.2) is 6.10 Å². The van der Waals surface area contributed by atoms with E-state index in [0.717, 1.165) is 6.07 Å². The molecule has 0 N–H and O–H groups in total. The van der Waals surface area contributed by atoms with Crippen molar-refractivity contribution in [3.05, 3.63) is 39.9 Å². The fourth-order valence-corrected chi connectivity index (χ4v) is 1.49. The van der Waals surface area contributed by atoms with Gasteiger partial charge < -0.3 is 4.74 Å². The van der Waals surface area contributed by atoms with Crippen LogP contribution in [0, 0.1) is 10.1 Å². The molecule has 1 aliphatic heterocycles. The highest BCUT2D eigenvalue weighted by Gasteiger charge is 2.60. The topological polar surface area (TPSA) is 55.7 Å². The number of alkyl halides is 3. The number of para-hydroxylation sites is 1. The Morgan fingerprint density at radius 2 is 1.94 bits per heavy atom. The molecule has 2 rings (SSSR count). The first kappa shape index (κ1) is 10.9. The SMILES string of the molecule is O=[N+]([O-])c1ccccc1C1OC1C(F)(F)F. The Morgan fingerprint density at radius 1 is 1.31 bits per heavy atom. The molecule has 0 aliphatic carbocycles. The van der Waals surface area contributed by atoms with Crippen molar-refractivity contribution in [3.63, 3.8) is 0 Å². The Labute approximate surface area is 87.8 Å². The molecule has 1 aromatic carbocycles. The van der Waals surface area contributed by atoms with Crippen molar-refractivity contribution < 1.29 is 22.8 Å². The van der Waals surface area contributed by atoms with Crippen LogP contribution in [0.1, 0.15) is 11.7 Å². The average molecular weight is 233 g/mol. The molecule has 0 saturated carbocycles. The van der Waals surface area contributed by atoms with Crippen LogP contribution >= 0.6 is 0 Å². The number of rotatable bonds is 2. The first-order valence-corrected chi connectivity index (χ1v) is 4.37. The molecule has 0 amide bonds. The molecule has 1 fully saturated rings. The van der Waals surface area contributed by atoms with Crippen LogP contribution in [0.15, 0.2) is 24.3 Å². The molecule has 1 saturated heterocycles. The van der Waals surface area contributed by atoms with Gasteiger partial charge in [-0.15, -0.1) is 0 Å². The predicted molar refractivity (Wildman–Crippen MR) is 46.8 cm³/mol. The summed E-state index contributed by atoms with van der Waals surface area (Å²) in [5.41, 5.74) is -0.380. The van der Waals surface area contributed by atoms with Crippen molar-refractivity contribution in [2.75, 3.05) is 0 Å². The molecule has 4 nitrogen and oxygen atoms in total. The number of ether oxygens (including phenoxy) is 1. The number of halogens is 3. The van der Waals surface area contributed by atoms with E-state index in [0.29, 0.717) is 0 Å². The van der Waals surface area contributed by atoms with Gasteiger partial charge in [-0.25, -0.2) is 0 Å². The van der Waals surface area contributed by atoms with Gasteiger partial charge in [0.2, 0.25) is 0 Å². The molecule has 7 heteroatoms. The molecule has 0 aromatic heterocycles. The van der Waals surface area contributed by atoms with E-state index < -0.39 is 23.3 Å². The number of nitrogens with zero attached hydrogens (tertiary/aromatic N) is 1. The van der Waals surface area contributed by atoms with Gasteiger partial charge in [0.25, 0.3) is 5.69 Å². The molecule has 1 aromatic rings. The minimum absolute atomic E-state index is 0.0326. The van der Waals surface area contributed by atoms with Gasteiger partial charge in [0.05, 0.1) is 10.5 Å². The lowest BCUT2D eigenvalue weighted by Crippen LogP contribution is -2.17. The Kier molecular flexibility index (Phi) is 2.34. The van der Waals surface area contributed by atoms with Crippen LogP contribution in [-0.2, 0) is 4.74 Å². The molecule has 86 valence electrons. The number of epoxide rings is 1. The van der Waals surface area contributed by atoms with E-state index >= 15 is 0 Å². The van der Waals surface area contributed by atoms with Crippen LogP contribution in [0.5, 0.6) is 0 Å². The van der Waals surface area contributed by atoms with Crippen LogP contribution in [-0.4, -0.2) is 17.2 Å². The second kappa shape index (κ2) is 3.44. The maximum absolute atomic E-state index is 12.2. The number of hydrogen-bond acceptors (Lipinski definition) is 3. The zero-order chi connectivity index (χ0) is 11.9. The van der Waals surface area contributed by atoms with Crippen molar-refractivity contribution in [1.29, 1.82) is 0 Å². The van der Waals surface area contributed by atoms with Crippen molar-refractivity contribution >= 4 is 5.69 Å². The molecular formula is C9H6F3NO3. The van der Waals surface area contributed by atoms with E-state index in [1.165, 1.54) is 18.2 Å². The Balaban J connectivity index is 2.27.